The number of benzene rings is 1. The highest BCUT2D eigenvalue weighted by Crippen LogP contribution is 2.15. The normalized spacial score (nSPS) is 11.1. The molecule has 92 valence electrons. The molecular weight excluding hydrogens is 214 g/mol. The highest BCUT2D eigenvalue weighted by molar-refractivity contribution is 5.90. The Bertz CT molecular complexity index is 393. The van der Waals surface area contributed by atoms with Crippen LogP contribution >= 0.6 is 0 Å². The van der Waals surface area contributed by atoms with Gasteiger partial charge in [0.1, 0.15) is 0 Å². The van der Waals surface area contributed by atoms with Crippen LogP contribution in [-0.2, 0) is 9.63 Å². The maximum Gasteiger partial charge on any atom is 0.269 e. The fraction of sp³-hybridized carbons (Fsp3) is 0.357. The standard InChI is InChI=1S/C14H19NO2/c1-11(2)13-8-5-12(6-9-13)7-10-14(16)15(3)17-4/h5-11H,1-4H3/b10-7+. The topological polar surface area (TPSA) is 29.5 Å². The summed E-state index contributed by atoms with van der Waals surface area (Å²) in [7, 11) is 3.04. The molecule has 1 aromatic rings. The van der Waals surface area contributed by atoms with Gasteiger partial charge in [0, 0.05) is 13.1 Å². The van der Waals surface area contributed by atoms with Gasteiger partial charge in [0.05, 0.1) is 7.11 Å². The average Bonchev–Trinajstić information content (AvgIpc) is 2.35. The molecule has 0 unspecified atom stereocenters. The van der Waals surface area contributed by atoms with Gasteiger partial charge in [-0.3, -0.25) is 9.63 Å². The average molecular weight is 233 g/mol. The molecule has 0 aliphatic heterocycles. The van der Waals surface area contributed by atoms with E-state index in [4.69, 9.17) is 4.84 Å². The first kappa shape index (κ1) is 13.5. The van der Waals surface area contributed by atoms with E-state index >= 15 is 0 Å². The summed E-state index contributed by atoms with van der Waals surface area (Å²) < 4.78 is 0. The van der Waals surface area contributed by atoms with E-state index in [-0.39, 0.29) is 5.91 Å². The van der Waals surface area contributed by atoms with Gasteiger partial charge in [0.2, 0.25) is 0 Å². The van der Waals surface area contributed by atoms with Crippen LogP contribution in [0.2, 0.25) is 0 Å². The Morgan fingerprint density at radius 1 is 1.29 bits per heavy atom. The SMILES string of the molecule is CON(C)C(=O)/C=C/c1ccc(C(C)C)cc1. The predicted molar refractivity (Wildman–Crippen MR) is 69.3 cm³/mol. The minimum atomic E-state index is -0.180. The van der Waals surface area contributed by atoms with Crippen LogP contribution < -0.4 is 0 Å². The van der Waals surface area contributed by atoms with E-state index in [1.54, 1.807) is 13.1 Å². The number of hydrogen-bond acceptors (Lipinski definition) is 2. The van der Waals surface area contributed by atoms with Gasteiger partial charge in [0.25, 0.3) is 5.91 Å². The number of carbonyl (C=O) groups excluding carboxylic acids is 1. The Morgan fingerprint density at radius 3 is 2.35 bits per heavy atom. The summed E-state index contributed by atoms with van der Waals surface area (Å²) in [5, 5.41) is 1.18. The lowest BCUT2D eigenvalue weighted by Crippen LogP contribution is -2.22. The lowest BCUT2D eigenvalue weighted by atomic mass is 10.0. The van der Waals surface area contributed by atoms with Crippen LogP contribution in [-0.4, -0.2) is 25.1 Å². The Balaban J connectivity index is 2.69. The Hall–Kier alpha value is -1.61. The zero-order chi connectivity index (χ0) is 12.8. The summed E-state index contributed by atoms with van der Waals surface area (Å²) in [6.07, 6.45) is 3.27. The van der Waals surface area contributed by atoms with Gasteiger partial charge in [-0.05, 0) is 23.1 Å². The summed E-state index contributed by atoms with van der Waals surface area (Å²) in [5.41, 5.74) is 2.30. The van der Waals surface area contributed by atoms with Crippen LogP contribution in [0.25, 0.3) is 6.08 Å². The van der Waals surface area contributed by atoms with Crippen molar-refractivity contribution in [1.82, 2.24) is 5.06 Å². The monoisotopic (exact) mass is 233 g/mol. The van der Waals surface area contributed by atoms with E-state index in [1.165, 1.54) is 23.8 Å². The van der Waals surface area contributed by atoms with Crippen LogP contribution in [0.3, 0.4) is 0 Å². The van der Waals surface area contributed by atoms with Gasteiger partial charge in [0.15, 0.2) is 0 Å². The number of amides is 1. The van der Waals surface area contributed by atoms with E-state index in [0.717, 1.165) is 5.56 Å². The number of carbonyl (C=O) groups is 1. The number of hydroxylamine groups is 2. The van der Waals surface area contributed by atoms with Crippen molar-refractivity contribution < 1.29 is 9.63 Å². The molecule has 3 nitrogen and oxygen atoms in total. The first-order valence-electron chi connectivity index (χ1n) is 5.64. The fourth-order valence-corrected chi connectivity index (χ4v) is 1.35. The van der Waals surface area contributed by atoms with Crippen molar-refractivity contribution in [1.29, 1.82) is 0 Å². The molecule has 0 saturated carbocycles. The van der Waals surface area contributed by atoms with Crippen molar-refractivity contribution in [3.8, 4) is 0 Å². The van der Waals surface area contributed by atoms with Gasteiger partial charge in [-0.1, -0.05) is 38.1 Å². The zero-order valence-electron chi connectivity index (χ0n) is 10.8. The van der Waals surface area contributed by atoms with E-state index in [0.29, 0.717) is 5.92 Å². The summed E-state index contributed by atoms with van der Waals surface area (Å²) in [6.45, 7) is 4.31. The summed E-state index contributed by atoms with van der Waals surface area (Å²) >= 11 is 0. The third-order valence-corrected chi connectivity index (χ3v) is 2.61. The summed E-state index contributed by atoms with van der Waals surface area (Å²) in [6, 6.07) is 8.17. The van der Waals surface area contributed by atoms with E-state index in [9.17, 15) is 4.79 Å². The van der Waals surface area contributed by atoms with Crippen LogP contribution in [0.5, 0.6) is 0 Å². The third-order valence-electron chi connectivity index (χ3n) is 2.61. The van der Waals surface area contributed by atoms with E-state index < -0.39 is 0 Å². The molecule has 1 amide bonds. The Morgan fingerprint density at radius 2 is 1.88 bits per heavy atom. The van der Waals surface area contributed by atoms with Crippen molar-refractivity contribution in [2.24, 2.45) is 0 Å². The molecule has 3 heteroatoms. The molecule has 0 aliphatic rings. The second-order valence-corrected chi connectivity index (χ2v) is 4.17. The van der Waals surface area contributed by atoms with Crippen molar-refractivity contribution >= 4 is 12.0 Å². The van der Waals surface area contributed by atoms with Crippen LogP contribution in [0.1, 0.15) is 30.9 Å². The second-order valence-electron chi connectivity index (χ2n) is 4.17. The highest BCUT2D eigenvalue weighted by Gasteiger charge is 2.02. The molecule has 0 heterocycles. The molecule has 0 aromatic heterocycles. The van der Waals surface area contributed by atoms with Gasteiger partial charge in [-0.15, -0.1) is 0 Å². The first-order chi connectivity index (χ1) is 8.04. The lowest BCUT2D eigenvalue weighted by Gasteiger charge is -2.10. The Kier molecular flexibility index (Phi) is 4.91. The largest absolute Gasteiger partial charge is 0.274 e. The smallest absolute Gasteiger partial charge is 0.269 e. The molecule has 0 fully saturated rings. The van der Waals surface area contributed by atoms with Gasteiger partial charge in [-0.25, -0.2) is 5.06 Å². The van der Waals surface area contributed by atoms with Crippen molar-refractivity contribution in [3.05, 3.63) is 41.5 Å². The fourth-order valence-electron chi connectivity index (χ4n) is 1.35. The first-order valence-corrected chi connectivity index (χ1v) is 5.64. The highest BCUT2D eigenvalue weighted by atomic mass is 16.7. The maximum atomic E-state index is 11.4. The van der Waals surface area contributed by atoms with Crippen molar-refractivity contribution in [2.45, 2.75) is 19.8 Å². The number of nitrogens with zero attached hydrogens (tertiary/aromatic N) is 1. The lowest BCUT2D eigenvalue weighted by molar-refractivity contribution is -0.162. The van der Waals surface area contributed by atoms with Crippen molar-refractivity contribution in [3.63, 3.8) is 0 Å². The molecule has 0 spiro atoms. The molecule has 0 atom stereocenters. The number of hydrogen-bond donors (Lipinski definition) is 0. The molecule has 0 bridgehead atoms. The molecule has 1 rings (SSSR count). The molecular formula is C14H19NO2. The van der Waals surface area contributed by atoms with E-state index in [2.05, 4.69) is 26.0 Å². The van der Waals surface area contributed by atoms with Crippen molar-refractivity contribution in [2.75, 3.05) is 14.2 Å². The molecule has 0 radical (unpaired) electrons. The van der Waals surface area contributed by atoms with E-state index in [1.807, 2.05) is 12.1 Å². The minimum absolute atomic E-state index is 0.180. The third kappa shape index (κ3) is 4.04. The summed E-state index contributed by atoms with van der Waals surface area (Å²) in [4.78, 5) is 16.2. The minimum Gasteiger partial charge on any atom is -0.274 e. The molecule has 0 saturated heterocycles. The second kappa shape index (κ2) is 6.21. The summed E-state index contributed by atoms with van der Waals surface area (Å²) in [5.74, 6) is 0.342. The van der Waals surface area contributed by atoms with Gasteiger partial charge in [-0.2, -0.15) is 0 Å². The molecule has 0 aliphatic carbocycles. The van der Waals surface area contributed by atoms with Gasteiger partial charge < -0.3 is 0 Å². The molecule has 1 aromatic carbocycles. The number of rotatable bonds is 4. The predicted octanol–water partition coefficient (Wildman–Crippen LogP) is 2.84. The Labute approximate surface area is 103 Å². The maximum absolute atomic E-state index is 11.4. The zero-order valence-corrected chi connectivity index (χ0v) is 10.8. The van der Waals surface area contributed by atoms with Crippen LogP contribution in [0.4, 0.5) is 0 Å². The number of likely N-dealkylation sites (N-methyl/N-ethyl adjacent to an activating group) is 1. The molecule has 17 heavy (non-hydrogen) atoms. The van der Waals surface area contributed by atoms with Gasteiger partial charge >= 0.3 is 0 Å². The molecule has 0 N–H and O–H groups in total. The quantitative estimate of drug-likeness (QED) is 0.591. The van der Waals surface area contributed by atoms with Crippen LogP contribution in [0, 0.1) is 0 Å². The van der Waals surface area contributed by atoms with Crippen LogP contribution in [0.15, 0.2) is 30.3 Å².